The van der Waals surface area contributed by atoms with Gasteiger partial charge < -0.3 is 31.9 Å². The van der Waals surface area contributed by atoms with E-state index in [9.17, 15) is 72.0 Å². The normalized spacial score (nSPS) is 15.1. The van der Waals surface area contributed by atoms with Crippen LogP contribution in [-0.2, 0) is 67.1 Å². The number of unbranched alkanes of at least 4 members (excludes halogenated alkanes) is 9. The molecule has 3 atom stereocenters. The first-order valence-electron chi connectivity index (χ1n) is 27.5. The van der Waals surface area contributed by atoms with Gasteiger partial charge in [-0.05, 0) is 96.3 Å². The van der Waals surface area contributed by atoms with Gasteiger partial charge in [-0.1, -0.05) is 31.0 Å². The Kier molecular flexibility index (Phi) is 31.7. The average Bonchev–Trinajstić information content (AvgIpc) is 4.04. The van der Waals surface area contributed by atoms with E-state index in [0.717, 1.165) is 21.6 Å². The molecule has 0 bridgehead atoms. The van der Waals surface area contributed by atoms with E-state index in [1.165, 1.54) is 36.1 Å². The van der Waals surface area contributed by atoms with Crippen LogP contribution in [-0.4, -0.2) is 160 Å². The van der Waals surface area contributed by atoms with Crippen molar-refractivity contribution in [3.63, 3.8) is 0 Å². The first-order chi connectivity index (χ1) is 37.9. The van der Waals surface area contributed by atoms with Gasteiger partial charge in [0.2, 0.25) is 47.3 Å². The summed E-state index contributed by atoms with van der Waals surface area (Å²) >= 11 is 0.934. The molecule has 3 rings (SSSR count). The van der Waals surface area contributed by atoms with Crippen molar-refractivity contribution >= 4 is 93.7 Å². The van der Waals surface area contributed by atoms with Gasteiger partial charge in [-0.25, -0.2) is 0 Å². The van der Waals surface area contributed by atoms with Gasteiger partial charge in [0.15, 0.2) is 5.12 Å². The number of carbonyl (C=O) groups excluding carboxylic acids is 14. The van der Waals surface area contributed by atoms with Gasteiger partial charge in [-0.2, -0.15) is 0 Å². The second kappa shape index (κ2) is 37.8. The Labute approximate surface area is 464 Å². The number of thioether (sulfide) groups is 1. The van der Waals surface area contributed by atoms with Crippen molar-refractivity contribution in [2.24, 2.45) is 5.18 Å². The van der Waals surface area contributed by atoms with Crippen molar-refractivity contribution in [2.45, 2.75) is 179 Å². The minimum Gasteiger partial charge on any atom is -0.356 e. The van der Waals surface area contributed by atoms with Crippen LogP contribution in [0.3, 0.4) is 0 Å². The predicted molar refractivity (Wildman–Crippen MR) is 288 cm³/mol. The van der Waals surface area contributed by atoms with Gasteiger partial charge in [-0.15, -0.1) is 4.91 Å². The summed E-state index contributed by atoms with van der Waals surface area (Å²) in [5.74, 6) is -5.60. The molecule has 79 heavy (non-hydrogen) atoms. The number of hydrogen-bond donors (Lipinski definition) is 6. The Morgan fingerprint density at radius 1 is 0.456 bits per heavy atom. The largest absolute Gasteiger partial charge is 0.356 e. The Morgan fingerprint density at radius 2 is 0.823 bits per heavy atom. The Bertz CT molecular complexity index is 2210. The maximum absolute atomic E-state index is 14.1. The van der Waals surface area contributed by atoms with Crippen LogP contribution in [0.4, 0.5) is 0 Å². The third-order valence-corrected chi connectivity index (χ3v) is 14.0. The smallest absolute Gasteiger partial charge is 0.308 e. The van der Waals surface area contributed by atoms with E-state index >= 15 is 0 Å². The van der Waals surface area contributed by atoms with Gasteiger partial charge in [0.25, 0.3) is 23.6 Å². The summed E-state index contributed by atoms with van der Waals surface area (Å²) in [6.07, 6.45) is 13.0. The summed E-state index contributed by atoms with van der Waals surface area (Å²) in [6, 6.07) is -3.85. The lowest BCUT2D eigenvalue weighted by atomic mass is 10.0. The van der Waals surface area contributed by atoms with Gasteiger partial charge in [0.05, 0.1) is 0 Å². The lowest BCUT2D eigenvalue weighted by Gasteiger charge is -2.25. The molecular formula is C53H78N10O15S. The number of hydrogen-bond acceptors (Lipinski definition) is 16. The van der Waals surface area contributed by atoms with Gasteiger partial charge in [0.1, 0.15) is 18.1 Å². The molecule has 1 saturated heterocycles. The first-order valence-corrected chi connectivity index (χ1v) is 28.5. The summed E-state index contributed by atoms with van der Waals surface area (Å²) in [5.41, 5.74) is 0. The molecule has 3 aliphatic rings. The molecule has 13 amide bonds. The molecule has 3 aliphatic heterocycles. The fraction of sp³-hybridized carbons (Fsp3) is 0.660. The van der Waals surface area contributed by atoms with Crippen LogP contribution in [0.2, 0.25) is 0 Å². The van der Waals surface area contributed by atoms with Gasteiger partial charge in [0, 0.05) is 120 Å². The third-order valence-electron chi connectivity index (χ3n) is 13.2. The van der Waals surface area contributed by atoms with Crippen LogP contribution < -0.4 is 31.9 Å². The van der Waals surface area contributed by atoms with E-state index in [1.807, 2.05) is 0 Å². The van der Waals surface area contributed by atoms with Crippen LogP contribution in [0.15, 0.2) is 29.5 Å². The molecule has 0 aromatic heterocycles. The highest BCUT2D eigenvalue weighted by molar-refractivity contribution is 8.13. The van der Waals surface area contributed by atoms with E-state index in [-0.39, 0.29) is 167 Å². The van der Waals surface area contributed by atoms with Crippen LogP contribution in [0.5, 0.6) is 0 Å². The fourth-order valence-electron chi connectivity index (χ4n) is 8.70. The molecule has 26 heteroatoms. The highest BCUT2D eigenvalue weighted by Gasteiger charge is 2.31. The third kappa shape index (κ3) is 27.0. The number of amides is 13. The molecule has 25 nitrogen and oxygen atoms in total. The number of likely N-dealkylation sites (tertiary alicyclic amines) is 1. The average molecular weight is 1130 g/mol. The molecule has 6 N–H and O–H groups in total. The van der Waals surface area contributed by atoms with Crippen molar-refractivity contribution in [1.29, 1.82) is 0 Å². The van der Waals surface area contributed by atoms with E-state index in [0.29, 0.717) is 90.0 Å². The molecular weight excluding hydrogens is 1050 g/mol. The zero-order valence-electron chi connectivity index (χ0n) is 45.3. The van der Waals surface area contributed by atoms with E-state index in [1.54, 1.807) is 0 Å². The summed E-state index contributed by atoms with van der Waals surface area (Å²) in [7, 11) is 0. The predicted octanol–water partition coefficient (Wildman–Crippen LogP) is 1.94. The number of carbonyl (C=O) groups is 14. The lowest BCUT2D eigenvalue weighted by Crippen LogP contribution is -2.55. The second-order valence-electron chi connectivity index (χ2n) is 19.5. The number of nitroso groups, excluding NO2 is 1. The molecule has 0 aromatic carbocycles. The molecule has 0 aromatic rings. The molecule has 0 radical (unpaired) electrons. The highest BCUT2D eigenvalue weighted by atomic mass is 32.2. The Balaban J connectivity index is 1.56. The highest BCUT2D eigenvalue weighted by Crippen LogP contribution is 2.15. The molecule has 0 spiro atoms. The molecule has 436 valence electrons. The van der Waals surface area contributed by atoms with Gasteiger partial charge >= 0.3 is 5.91 Å². The molecule has 1 fully saturated rings. The minimum atomic E-state index is -1.38. The zero-order valence-corrected chi connectivity index (χ0v) is 46.1. The van der Waals surface area contributed by atoms with Crippen molar-refractivity contribution < 1.29 is 67.1 Å². The van der Waals surface area contributed by atoms with Crippen LogP contribution in [0, 0.1) is 4.91 Å². The van der Waals surface area contributed by atoms with Crippen molar-refractivity contribution in [3.05, 3.63) is 29.2 Å². The van der Waals surface area contributed by atoms with Crippen molar-refractivity contribution in [1.82, 2.24) is 46.6 Å². The number of nitrogens with one attached hydrogen (secondary N) is 6. The minimum absolute atomic E-state index is 0.00220. The maximum atomic E-state index is 14.1. The van der Waals surface area contributed by atoms with Crippen LogP contribution >= 0.6 is 11.8 Å². The van der Waals surface area contributed by atoms with Crippen molar-refractivity contribution in [3.8, 4) is 0 Å². The summed E-state index contributed by atoms with van der Waals surface area (Å²) < 4.78 is 0. The zero-order chi connectivity index (χ0) is 58.0. The molecule has 0 aliphatic carbocycles. The quantitative estimate of drug-likeness (QED) is 0.0289. The lowest BCUT2D eigenvalue weighted by molar-refractivity contribution is -0.139. The monoisotopic (exact) mass is 1130 g/mol. The van der Waals surface area contributed by atoms with Crippen LogP contribution in [0.25, 0.3) is 0 Å². The number of nitrogens with zero attached hydrogens (tertiary/aromatic N) is 4. The van der Waals surface area contributed by atoms with E-state index in [2.05, 4.69) is 37.1 Å². The topological polar surface area (TPSA) is 350 Å². The number of rotatable bonds is 42. The van der Waals surface area contributed by atoms with Gasteiger partial charge in [-0.3, -0.25) is 81.8 Å². The van der Waals surface area contributed by atoms with Crippen molar-refractivity contribution in [2.75, 3.05) is 45.0 Å². The Morgan fingerprint density at radius 3 is 1.22 bits per heavy atom. The fourth-order valence-corrected chi connectivity index (χ4v) is 9.27. The Hall–Kier alpha value is -6.99. The molecule has 3 unspecified atom stereocenters. The van der Waals surface area contributed by atoms with E-state index in [4.69, 9.17) is 0 Å². The summed E-state index contributed by atoms with van der Waals surface area (Å²) in [5, 5.41) is 18.7. The van der Waals surface area contributed by atoms with E-state index < -0.39 is 41.8 Å². The summed E-state index contributed by atoms with van der Waals surface area (Å²) in [6.45, 7) is 2.89. The maximum Gasteiger partial charge on any atom is 0.308 e. The standard InChI is InChI=1S/C53H78N10O15S/c1-37(64)79-36-29-44(68)57-38(17-8-11-30-54-41(65)20-5-2-14-33-61-45(69)23-24-46(61)70)51(75)58-39(18-9-12-31-55-42(66)21-6-3-15-34-62-47(71)25-26-48(62)72)52(76)59-40(53(77)60-78)19-10-13-32-56-43(67)22-7-4-16-35-63-49(73)27-28-50(63)74/h23-24,27-28,38-40H,2-22,25-26,29-36H2,1H3,(H,54,65)(H,55,66)(H,56,67)(H,57,68)(H,58,75)(H,59,76). The summed E-state index contributed by atoms with van der Waals surface area (Å²) in [4.78, 5) is 189. The molecule has 3 heterocycles. The van der Waals surface area contributed by atoms with Crippen LogP contribution in [0.1, 0.15) is 161 Å². The second-order valence-corrected chi connectivity index (χ2v) is 20.8. The first kappa shape index (κ1) is 66.3. The molecule has 0 saturated carbocycles. The SMILES string of the molecule is CC(=O)SCCC(=O)NC(CCCCNC(=O)CCCCCN1C(=O)C=CC1=O)C(=O)NC(CCCCNC(=O)CCCCCN1C(=O)CCC1=O)C(=O)NC(CCCCNC(=O)CCCCCN1C(=O)C=CC1=O)C(=O)N=O. The number of imide groups is 3.